The topological polar surface area (TPSA) is 72.5 Å². The number of nitrogens with one attached hydrogen (secondary N) is 2. The van der Waals surface area contributed by atoms with E-state index in [9.17, 15) is 4.79 Å². The highest BCUT2D eigenvalue weighted by molar-refractivity contribution is 5.94. The normalized spacial score (nSPS) is 16.4. The molecule has 0 spiro atoms. The predicted octanol–water partition coefficient (Wildman–Crippen LogP) is 2.61. The summed E-state index contributed by atoms with van der Waals surface area (Å²) in [5.41, 5.74) is 1.60. The van der Waals surface area contributed by atoms with E-state index in [4.69, 9.17) is 9.47 Å². The molecule has 2 N–H and O–H groups in total. The standard InChI is InChI=1S/C19H23N3O3/c1-24-16-6-4-14(5-7-16)12-22-19(23)15-8-9-20-18(11-15)21-13-17-3-2-10-25-17/h4-9,11,17H,2-3,10,12-13H2,1H3,(H,20,21)(H,22,23). The summed E-state index contributed by atoms with van der Waals surface area (Å²) in [7, 11) is 1.63. The molecule has 2 heterocycles. The first-order valence-corrected chi connectivity index (χ1v) is 8.47. The van der Waals surface area contributed by atoms with Gasteiger partial charge in [-0.2, -0.15) is 0 Å². The second-order valence-corrected chi connectivity index (χ2v) is 5.98. The van der Waals surface area contributed by atoms with Gasteiger partial charge in [0.05, 0.1) is 13.2 Å². The van der Waals surface area contributed by atoms with Crippen LogP contribution in [0.15, 0.2) is 42.6 Å². The first-order valence-electron chi connectivity index (χ1n) is 8.47. The van der Waals surface area contributed by atoms with Crippen molar-refractivity contribution >= 4 is 11.7 Å². The number of amides is 1. The number of hydrogen-bond donors (Lipinski definition) is 2. The second-order valence-electron chi connectivity index (χ2n) is 5.98. The van der Waals surface area contributed by atoms with Crippen LogP contribution in [0.1, 0.15) is 28.8 Å². The lowest BCUT2D eigenvalue weighted by Gasteiger charge is -2.12. The van der Waals surface area contributed by atoms with Gasteiger partial charge >= 0.3 is 0 Å². The van der Waals surface area contributed by atoms with Crippen molar-refractivity contribution in [2.24, 2.45) is 0 Å². The highest BCUT2D eigenvalue weighted by atomic mass is 16.5. The van der Waals surface area contributed by atoms with Crippen LogP contribution in [0.25, 0.3) is 0 Å². The van der Waals surface area contributed by atoms with Gasteiger partial charge < -0.3 is 20.1 Å². The SMILES string of the molecule is COc1ccc(CNC(=O)c2ccnc(NCC3CCCO3)c2)cc1. The maximum Gasteiger partial charge on any atom is 0.251 e. The first-order chi connectivity index (χ1) is 12.2. The summed E-state index contributed by atoms with van der Waals surface area (Å²) in [5, 5.41) is 6.16. The molecule has 0 bridgehead atoms. The molecule has 3 rings (SSSR count). The molecule has 1 aromatic heterocycles. The maximum atomic E-state index is 12.3. The average molecular weight is 341 g/mol. The van der Waals surface area contributed by atoms with Crippen LogP contribution in [-0.2, 0) is 11.3 Å². The Kier molecular flexibility index (Phi) is 5.85. The Hall–Kier alpha value is -2.60. The molecule has 6 nitrogen and oxygen atoms in total. The number of ether oxygens (including phenoxy) is 2. The summed E-state index contributed by atoms with van der Waals surface area (Å²) >= 11 is 0. The molecule has 2 aromatic rings. The fourth-order valence-electron chi connectivity index (χ4n) is 2.72. The third kappa shape index (κ3) is 4.93. The number of nitrogens with zero attached hydrogens (tertiary/aromatic N) is 1. The van der Waals surface area contributed by atoms with Crippen molar-refractivity contribution in [2.75, 3.05) is 25.6 Å². The summed E-state index contributed by atoms with van der Waals surface area (Å²) in [4.78, 5) is 16.6. The highest BCUT2D eigenvalue weighted by Gasteiger charge is 2.15. The minimum absolute atomic E-state index is 0.126. The Bertz CT molecular complexity index is 697. The average Bonchev–Trinajstić information content (AvgIpc) is 3.19. The number of hydrogen-bond acceptors (Lipinski definition) is 5. The van der Waals surface area contributed by atoms with Gasteiger partial charge in [-0.05, 0) is 42.7 Å². The Morgan fingerprint density at radius 1 is 1.32 bits per heavy atom. The van der Waals surface area contributed by atoms with E-state index in [0.717, 1.165) is 30.8 Å². The highest BCUT2D eigenvalue weighted by Crippen LogP contribution is 2.14. The maximum absolute atomic E-state index is 12.3. The number of pyridine rings is 1. The Morgan fingerprint density at radius 2 is 2.16 bits per heavy atom. The molecular formula is C19H23N3O3. The zero-order valence-corrected chi connectivity index (χ0v) is 14.3. The van der Waals surface area contributed by atoms with Crippen LogP contribution in [0.2, 0.25) is 0 Å². The Morgan fingerprint density at radius 3 is 2.88 bits per heavy atom. The van der Waals surface area contributed by atoms with Crippen molar-refractivity contribution in [3.63, 3.8) is 0 Å². The monoisotopic (exact) mass is 341 g/mol. The van der Waals surface area contributed by atoms with E-state index in [0.29, 0.717) is 24.5 Å². The van der Waals surface area contributed by atoms with Crippen molar-refractivity contribution in [2.45, 2.75) is 25.5 Å². The van der Waals surface area contributed by atoms with Crippen molar-refractivity contribution in [1.29, 1.82) is 0 Å². The summed E-state index contributed by atoms with van der Waals surface area (Å²) in [6, 6.07) is 11.1. The molecular weight excluding hydrogens is 318 g/mol. The minimum Gasteiger partial charge on any atom is -0.497 e. The lowest BCUT2D eigenvalue weighted by Crippen LogP contribution is -2.23. The molecule has 1 atom stereocenters. The van der Waals surface area contributed by atoms with Gasteiger partial charge in [0.2, 0.25) is 0 Å². The van der Waals surface area contributed by atoms with E-state index in [2.05, 4.69) is 15.6 Å². The van der Waals surface area contributed by atoms with Gasteiger partial charge in [-0.1, -0.05) is 12.1 Å². The van der Waals surface area contributed by atoms with Crippen LogP contribution >= 0.6 is 0 Å². The Balaban J connectivity index is 1.53. The van der Waals surface area contributed by atoms with Crippen molar-refractivity contribution < 1.29 is 14.3 Å². The van der Waals surface area contributed by atoms with Gasteiger partial charge in [-0.3, -0.25) is 4.79 Å². The molecule has 0 aliphatic carbocycles. The van der Waals surface area contributed by atoms with Crippen LogP contribution in [0.4, 0.5) is 5.82 Å². The molecule has 1 aliphatic rings. The van der Waals surface area contributed by atoms with Gasteiger partial charge in [0.15, 0.2) is 0 Å². The van der Waals surface area contributed by atoms with Gasteiger partial charge in [0.1, 0.15) is 11.6 Å². The molecule has 25 heavy (non-hydrogen) atoms. The predicted molar refractivity (Wildman–Crippen MR) is 95.9 cm³/mol. The van der Waals surface area contributed by atoms with Gasteiger partial charge in [-0.25, -0.2) is 4.98 Å². The number of benzene rings is 1. The molecule has 1 fully saturated rings. The van der Waals surface area contributed by atoms with Gasteiger partial charge in [0, 0.05) is 31.5 Å². The fraction of sp³-hybridized carbons (Fsp3) is 0.368. The molecule has 1 aromatic carbocycles. The smallest absolute Gasteiger partial charge is 0.251 e. The molecule has 1 amide bonds. The van der Waals surface area contributed by atoms with Gasteiger partial charge in [-0.15, -0.1) is 0 Å². The third-order valence-corrected chi connectivity index (χ3v) is 4.17. The van der Waals surface area contributed by atoms with E-state index in [-0.39, 0.29) is 12.0 Å². The van der Waals surface area contributed by atoms with Crippen molar-refractivity contribution in [3.8, 4) is 5.75 Å². The molecule has 1 unspecified atom stereocenters. The van der Waals surface area contributed by atoms with Crippen LogP contribution in [0.5, 0.6) is 5.75 Å². The van der Waals surface area contributed by atoms with Crippen molar-refractivity contribution in [3.05, 3.63) is 53.7 Å². The van der Waals surface area contributed by atoms with Crippen LogP contribution in [-0.4, -0.2) is 37.3 Å². The van der Waals surface area contributed by atoms with Crippen LogP contribution in [0, 0.1) is 0 Å². The first kappa shape index (κ1) is 17.2. The molecule has 0 radical (unpaired) electrons. The number of carbonyl (C=O) groups excluding carboxylic acids is 1. The summed E-state index contributed by atoms with van der Waals surface area (Å²) in [6.07, 6.45) is 4.04. The summed E-state index contributed by atoms with van der Waals surface area (Å²) in [6.45, 7) is 2.00. The number of aromatic nitrogens is 1. The number of anilines is 1. The van der Waals surface area contributed by atoms with Crippen LogP contribution < -0.4 is 15.4 Å². The number of rotatable bonds is 7. The molecule has 0 saturated carbocycles. The molecule has 1 saturated heterocycles. The van der Waals surface area contributed by atoms with E-state index in [1.165, 1.54) is 0 Å². The lowest BCUT2D eigenvalue weighted by molar-refractivity contribution is 0.0951. The Labute approximate surface area is 147 Å². The lowest BCUT2D eigenvalue weighted by atomic mass is 10.2. The fourth-order valence-corrected chi connectivity index (χ4v) is 2.72. The second kappa shape index (κ2) is 8.48. The molecule has 6 heteroatoms. The largest absolute Gasteiger partial charge is 0.497 e. The zero-order chi connectivity index (χ0) is 17.5. The third-order valence-electron chi connectivity index (χ3n) is 4.17. The zero-order valence-electron chi connectivity index (χ0n) is 14.3. The minimum atomic E-state index is -0.126. The summed E-state index contributed by atoms with van der Waals surface area (Å²) in [5.74, 6) is 1.36. The molecule has 1 aliphatic heterocycles. The number of carbonyl (C=O) groups is 1. The van der Waals surface area contributed by atoms with Crippen molar-refractivity contribution in [1.82, 2.24) is 10.3 Å². The van der Waals surface area contributed by atoms with E-state index >= 15 is 0 Å². The quantitative estimate of drug-likeness (QED) is 0.810. The molecule has 132 valence electrons. The van der Waals surface area contributed by atoms with Crippen LogP contribution in [0.3, 0.4) is 0 Å². The number of methoxy groups -OCH3 is 1. The van der Waals surface area contributed by atoms with E-state index < -0.39 is 0 Å². The van der Waals surface area contributed by atoms with E-state index in [1.807, 2.05) is 24.3 Å². The van der Waals surface area contributed by atoms with E-state index in [1.54, 1.807) is 25.4 Å². The summed E-state index contributed by atoms with van der Waals surface area (Å²) < 4.78 is 10.7. The van der Waals surface area contributed by atoms with Gasteiger partial charge in [0.25, 0.3) is 5.91 Å².